The summed E-state index contributed by atoms with van der Waals surface area (Å²) in [6, 6.07) is 2.23. The molecule has 2 heterocycles. The molecule has 110 valence electrons. The minimum absolute atomic E-state index is 0.0225. The number of rotatable bonds is 4. The van der Waals surface area contributed by atoms with E-state index in [1.54, 1.807) is 18.5 Å². The molecule has 1 atom stereocenters. The first-order valence-corrected chi connectivity index (χ1v) is 7.22. The molecule has 0 spiro atoms. The van der Waals surface area contributed by atoms with E-state index in [9.17, 15) is 4.79 Å². The van der Waals surface area contributed by atoms with Crippen molar-refractivity contribution in [2.75, 3.05) is 26.2 Å². The maximum absolute atomic E-state index is 12.3. The second-order valence-corrected chi connectivity index (χ2v) is 4.81. The molecule has 0 saturated carbocycles. The summed E-state index contributed by atoms with van der Waals surface area (Å²) in [5.74, 6) is 0. The van der Waals surface area contributed by atoms with Crippen LogP contribution >= 0.6 is 0 Å². The second kappa shape index (κ2) is 7.07. The Morgan fingerprint density at radius 1 is 1.40 bits per heavy atom. The molecule has 1 saturated heterocycles. The molecule has 1 aliphatic rings. The van der Waals surface area contributed by atoms with Crippen LogP contribution in [0.2, 0.25) is 0 Å². The zero-order chi connectivity index (χ0) is 14.4. The monoisotopic (exact) mass is 278 g/mol. The fourth-order valence-electron chi connectivity index (χ4n) is 2.40. The SMILES string of the molecule is CCN(CC)C(=O)N1CCCC(Oc2ncccn2)C1. The van der Waals surface area contributed by atoms with Crippen LogP contribution in [-0.2, 0) is 0 Å². The molecule has 0 radical (unpaired) electrons. The molecule has 1 aromatic heterocycles. The minimum Gasteiger partial charge on any atom is -0.458 e. The summed E-state index contributed by atoms with van der Waals surface area (Å²) in [6.07, 6.45) is 5.17. The molecule has 0 bridgehead atoms. The molecule has 1 unspecified atom stereocenters. The highest BCUT2D eigenvalue weighted by Gasteiger charge is 2.27. The van der Waals surface area contributed by atoms with Gasteiger partial charge in [-0.25, -0.2) is 14.8 Å². The summed E-state index contributed by atoms with van der Waals surface area (Å²) in [7, 11) is 0. The quantitative estimate of drug-likeness (QED) is 0.842. The molecule has 20 heavy (non-hydrogen) atoms. The second-order valence-electron chi connectivity index (χ2n) is 4.81. The third-order valence-corrected chi connectivity index (χ3v) is 3.50. The zero-order valence-corrected chi connectivity index (χ0v) is 12.2. The van der Waals surface area contributed by atoms with Crippen molar-refractivity contribution in [2.24, 2.45) is 0 Å². The van der Waals surface area contributed by atoms with Crippen molar-refractivity contribution in [3.05, 3.63) is 18.5 Å². The average molecular weight is 278 g/mol. The molecule has 6 nitrogen and oxygen atoms in total. The van der Waals surface area contributed by atoms with Gasteiger partial charge >= 0.3 is 12.0 Å². The third kappa shape index (κ3) is 3.59. The Kier molecular flexibility index (Phi) is 5.15. The highest BCUT2D eigenvalue weighted by atomic mass is 16.5. The van der Waals surface area contributed by atoms with Crippen molar-refractivity contribution in [1.82, 2.24) is 19.8 Å². The van der Waals surface area contributed by atoms with Gasteiger partial charge in [-0.15, -0.1) is 0 Å². The number of aromatic nitrogens is 2. The number of hydrogen-bond acceptors (Lipinski definition) is 4. The van der Waals surface area contributed by atoms with Gasteiger partial charge in [0.2, 0.25) is 0 Å². The van der Waals surface area contributed by atoms with Gasteiger partial charge in [-0.1, -0.05) is 0 Å². The van der Waals surface area contributed by atoms with Gasteiger partial charge in [-0.2, -0.15) is 0 Å². The molecule has 1 fully saturated rings. The molecular formula is C14H22N4O2. The first-order valence-electron chi connectivity index (χ1n) is 7.22. The van der Waals surface area contributed by atoms with Crippen LogP contribution in [0.4, 0.5) is 4.79 Å². The predicted molar refractivity (Wildman–Crippen MR) is 75.6 cm³/mol. The number of piperidine rings is 1. The lowest BCUT2D eigenvalue weighted by Crippen LogP contribution is -2.50. The molecule has 2 rings (SSSR count). The molecule has 0 aliphatic carbocycles. The van der Waals surface area contributed by atoms with Gasteiger partial charge < -0.3 is 14.5 Å². The van der Waals surface area contributed by atoms with Crippen LogP contribution in [0.1, 0.15) is 26.7 Å². The van der Waals surface area contributed by atoms with Gasteiger partial charge in [0, 0.05) is 32.0 Å². The summed E-state index contributed by atoms with van der Waals surface area (Å²) in [5.41, 5.74) is 0. The van der Waals surface area contributed by atoms with Crippen LogP contribution in [0, 0.1) is 0 Å². The van der Waals surface area contributed by atoms with Gasteiger partial charge in [0.25, 0.3) is 0 Å². The zero-order valence-electron chi connectivity index (χ0n) is 12.2. The predicted octanol–water partition coefficient (Wildman–Crippen LogP) is 1.78. The van der Waals surface area contributed by atoms with Gasteiger partial charge in [0.1, 0.15) is 6.10 Å². The van der Waals surface area contributed by atoms with Crippen LogP contribution in [0.3, 0.4) is 0 Å². The van der Waals surface area contributed by atoms with Crippen LogP contribution < -0.4 is 4.74 Å². The van der Waals surface area contributed by atoms with Crippen molar-refractivity contribution in [3.63, 3.8) is 0 Å². The summed E-state index contributed by atoms with van der Waals surface area (Å²) in [4.78, 5) is 24.1. The summed E-state index contributed by atoms with van der Waals surface area (Å²) < 4.78 is 5.75. The van der Waals surface area contributed by atoms with Crippen LogP contribution in [0.15, 0.2) is 18.5 Å². The van der Waals surface area contributed by atoms with E-state index in [4.69, 9.17) is 4.74 Å². The Labute approximate surface area is 119 Å². The Morgan fingerprint density at radius 3 is 2.75 bits per heavy atom. The van der Waals surface area contributed by atoms with Crippen molar-refractivity contribution in [2.45, 2.75) is 32.8 Å². The van der Waals surface area contributed by atoms with E-state index in [1.165, 1.54) is 0 Å². The lowest BCUT2D eigenvalue weighted by molar-refractivity contribution is 0.0806. The van der Waals surface area contributed by atoms with E-state index in [2.05, 4.69) is 9.97 Å². The van der Waals surface area contributed by atoms with Crippen LogP contribution in [0.5, 0.6) is 6.01 Å². The number of carbonyl (C=O) groups is 1. The van der Waals surface area contributed by atoms with E-state index >= 15 is 0 Å². The highest BCUT2D eigenvalue weighted by Crippen LogP contribution is 2.16. The number of hydrogen-bond donors (Lipinski definition) is 0. The maximum Gasteiger partial charge on any atom is 0.320 e. The fraction of sp³-hybridized carbons (Fsp3) is 0.643. The molecule has 1 aromatic rings. The van der Waals surface area contributed by atoms with E-state index in [-0.39, 0.29) is 12.1 Å². The molecule has 2 amide bonds. The van der Waals surface area contributed by atoms with Gasteiger partial charge in [0.15, 0.2) is 0 Å². The van der Waals surface area contributed by atoms with Gasteiger partial charge in [-0.05, 0) is 32.8 Å². The van der Waals surface area contributed by atoms with Crippen molar-refractivity contribution in [3.8, 4) is 6.01 Å². The summed E-state index contributed by atoms with van der Waals surface area (Å²) in [6.45, 7) is 6.87. The van der Waals surface area contributed by atoms with E-state index in [0.717, 1.165) is 32.5 Å². The summed E-state index contributed by atoms with van der Waals surface area (Å²) >= 11 is 0. The first-order chi connectivity index (χ1) is 9.74. The number of urea groups is 1. The summed E-state index contributed by atoms with van der Waals surface area (Å²) in [5, 5.41) is 0. The van der Waals surface area contributed by atoms with E-state index < -0.39 is 0 Å². The number of nitrogens with zero attached hydrogens (tertiary/aromatic N) is 4. The van der Waals surface area contributed by atoms with Crippen molar-refractivity contribution < 1.29 is 9.53 Å². The fourth-order valence-corrected chi connectivity index (χ4v) is 2.40. The molecule has 6 heteroatoms. The Hall–Kier alpha value is -1.85. The van der Waals surface area contributed by atoms with Crippen LogP contribution in [0.25, 0.3) is 0 Å². The Bertz CT molecular complexity index is 422. The number of ether oxygens (including phenoxy) is 1. The number of amides is 2. The number of likely N-dealkylation sites (tertiary alicyclic amines) is 1. The normalized spacial score (nSPS) is 18.7. The Morgan fingerprint density at radius 2 is 2.10 bits per heavy atom. The minimum atomic E-state index is -0.0225. The largest absolute Gasteiger partial charge is 0.458 e. The van der Waals surface area contributed by atoms with E-state index in [0.29, 0.717) is 12.6 Å². The maximum atomic E-state index is 12.3. The van der Waals surface area contributed by atoms with E-state index in [1.807, 2.05) is 23.6 Å². The molecule has 1 aliphatic heterocycles. The Balaban J connectivity index is 1.93. The topological polar surface area (TPSA) is 58.6 Å². The highest BCUT2D eigenvalue weighted by molar-refractivity contribution is 5.74. The van der Waals surface area contributed by atoms with Gasteiger partial charge in [-0.3, -0.25) is 0 Å². The molecular weight excluding hydrogens is 256 g/mol. The number of carbonyl (C=O) groups excluding carboxylic acids is 1. The first kappa shape index (κ1) is 14.6. The lowest BCUT2D eigenvalue weighted by Gasteiger charge is -2.35. The third-order valence-electron chi connectivity index (χ3n) is 3.50. The molecule has 0 aromatic carbocycles. The van der Waals surface area contributed by atoms with Crippen molar-refractivity contribution in [1.29, 1.82) is 0 Å². The standard InChI is InChI=1S/C14H22N4O2/c1-3-17(4-2)14(19)18-10-5-7-12(11-18)20-13-15-8-6-9-16-13/h6,8-9,12H,3-5,7,10-11H2,1-2H3. The molecule has 0 N–H and O–H groups in total. The smallest absolute Gasteiger partial charge is 0.320 e. The van der Waals surface area contributed by atoms with Gasteiger partial charge in [0.05, 0.1) is 6.54 Å². The average Bonchev–Trinajstić information content (AvgIpc) is 2.49. The lowest BCUT2D eigenvalue weighted by atomic mass is 10.1. The van der Waals surface area contributed by atoms with Crippen LogP contribution in [-0.4, -0.2) is 58.1 Å². The van der Waals surface area contributed by atoms with Crippen molar-refractivity contribution >= 4 is 6.03 Å².